The minimum atomic E-state index is -0.780. The number of allylic oxidation sites excluding steroid dienone is 12. The van der Waals surface area contributed by atoms with Crippen LogP contribution in [0.25, 0.3) is 0 Å². The van der Waals surface area contributed by atoms with E-state index in [-0.39, 0.29) is 31.1 Å². The van der Waals surface area contributed by atoms with Crippen molar-refractivity contribution in [3.8, 4) is 0 Å². The van der Waals surface area contributed by atoms with E-state index in [0.717, 1.165) is 109 Å². The average molecular weight is 921 g/mol. The maximum Gasteiger partial charge on any atom is 0.306 e. The minimum absolute atomic E-state index is 0.0803. The van der Waals surface area contributed by atoms with Crippen molar-refractivity contribution in [3.63, 3.8) is 0 Å². The molecular formula is C60H104O6. The van der Waals surface area contributed by atoms with Gasteiger partial charge in [0.05, 0.1) is 0 Å². The van der Waals surface area contributed by atoms with E-state index in [0.29, 0.717) is 19.3 Å². The number of unbranched alkanes of at least 4 members (excludes halogenated alkanes) is 27. The van der Waals surface area contributed by atoms with Crippen LogP contribution in [0.5, 0.6) is 0 Å². The van der Waals surface area contributed by atoms with Crippen LogP contribution in [0, 0.1) is 0 Å². The van der Waals surface area contributed by atoms with E-state index in [1.54, 1.807) is 0 Å². The van der Waals surface area contributed by atoms with Crippen LogP contribution in [0.3, 0.4) is 0 Å². The maximum atomic E-state index is 12.8. The highest BCUT2D eigenvalue weighted by molar-refractivity contribution is 5.71. The van der Waals surface area contributed by atoms with Crippen molar-refractivity contribution < 1.29 is 28.6 Å². The normalized spacial score (nSPS) is 12.6. The Morgan fingerprint density at radius 2 is 0.621 bits per heavy atom. The summed E-state index contributed by atoms with van der Waals surface area (Å²) in [5.41, 5.74) is 0. The largest absolute Gasteiger partial charge is 0.462 e. The Kier molecular flexibility index (Phi) is 51.9. The molecule has 0 N–H and O–H groups in total. The molecule has 0 aromatic rings. The Bertz CT molecular complexity index is 1240. The van der Waals surface area contributed by atoms with E-state index in [9.17, 15) is 14.4 Å². The van der Waals surface area contributed by atoms with E-state index in [1.165, 1.54) is 122 Å². The van der Waals surface area contributed by atoms with E-state index >= 15 is 0 Å². The quantitative estimate of drug-likeness (QED) is 0.0262. The predicted octanol–water partition coefficient (Wildman–Crippen LogP) is 18.6. The highest BCUT2D eigenvalue weighted by Gasteiger charge is 2.19. The maximum absolute atomic E-state index is 12.8. The van der Waals surface area contributed by atoms with Gasteiger partial charge in [0, 0.05) is 19.3 Å². The van der Waals surface area contributed by atoms with Crippen molar-refractivity contribution >= 4 is 17.9 Å². The van der Waals surface area contributed by atoms with Crippen LogP contribution in [0.15, 0.2) is 72.9 Å². The van der Waals surface area contributed by atoms with Gasteiger partial charge in [0.15, 0.2) is 6.10 Å². The molecule has 0 radical (unpaired) electrons. The molecule has 0 spiro atoms. The Hall–Kier alpha value is -3.15. The summed E-state index contributed by atoms with van der Waals surface area (Å²) in [4.78, 5) is 37.9. The van der Waals surface area contributed by atoms with Crippen LogP contribution in [0.4, 0.5) is 0 Å². The molecule has 380 valence electrons. The lowest BCUT2D eigenvalue weighted by atomic mass is 10.0. The molecular weight excluding hydrogens is 817 g/mol. The van der Waals surface area contributed by atoms with E-state index in [2.05, 4.69) is 93.7 Å². The molecule has 6 heteroatoms. The molecule has 6 nitrogen and oxygen atoms in total. The second-order valence-corrected chi connectivity index (χ2v) is 18.5. The van der Waals surface area contributed by atoms with Crippen LogP contribution >= 0.6 is 0 Å². The van der Waals surface area contributed by atoms with Gasteiger partial charge in [0.1, 0.15) is 13.2 Å². The monoisotopic (exact) mass is 921 g/mol. The molecule has 1 unspecified atom stereocenters. The lowest BCUT2D eigenvalue weighted by molar-refractivity contribution is -0.167. The predicted molar refractivity (Wildman–Crippen MR) is 284 cm³/mol. The molecule has 0 bridgehead atoms. The third-order valence-electron chi connectivity index (χ3n) is 11.9. The first-order chi connectivity index (χ1) is 32.5. The van der Waals surface area contributed by atoms with Gasteiger partial charge < -0.3 is 14.2 Å². The van der Waals surface area contributed by atoms with Gasteiger partial charge in [-0.15, -0.1) is 0 Å². The fourth-order valence-corrected chi connectivity index (χ4v) is 7.71. The molecule has 0 aromatic heterocycles. The number of hydrogen-bond acceptors (Lipinski definition) is 6. The number of carbonyl (C=O) groups is 3. The van der Waals surface area contributed by atoms with Crippen molar-refractivity contribution in [2.24, 2.45) is 0 Å². The Morgan fingerprint density at radius 3 is 1.00 bits per heavy atom. The smallest absolute Gasteiger partial charge is 0.306 e. The van der Waals surface area contributed by atoms with Gasteiger partial charge in [-0.25, -0.2) is 0 Å². The van der Waals surface area contributed by atoms with Crippen LogP contribution in [-0.4, -0.2) is 37.2 Å². The third kappa shape index (κ3) is 51.8. The van der Waals surface area contributed by atoms with Crippen LogP contribution in [0.1, 0.15) is 271 Å². The lowest BCUT2D eigenvalue weighted by Gasteiger charge is -2.18. The molecule has 66 heavy (non-hydrogen) atoms. The van der Waals surface area contributed by atoms with Crippen molar-refractivity contribution in [3.05, 3.63) is 72.9 Å². The zero-order chi connectivity index (χ0) is 47.9. The van der Waals surface area contributed by atoms with Crippen molar-refractivity contribution in [1.29, 1.82) is 0 Å². The van der Waals surface area contributed by atoms with Gasteiger partial charge >= 0.3 is 17.9 Å². The Labute approximate surface area is 408 Å². The molecule has 0 saturated heterocycles. The number of ether oxygens (including phenoxy) is 3. The molecule has 0 aliphatic rings. The number of hydrogen-bond donors (Lipinski definition) is 0. The van der Waals surface area contributed by atoms with E-state index in [4.69, 9.17) is 14.2 Å². The third-order valence-corrected chi connectivity index (χ3v) is 11.9. The van der Waals surface area contributed by atoms with Gasteiger partial charge in [-0.1, -0.05) is 229 Å². The molecule has 0 aromatic carbocycles. The molecule has 0 aliphatic heterocycles. The fourth-order valence-electron chi connectivity index (χ4n) is 7.71. The molecule has 0 aliphatic carbocycles. The fraction of sp³-hybridized carbons (Fsp3) is 0.750. The first-order valence-corrected chi connectivity index (χ1v) is 27.9. The summed E-state index contributed by atoms with van der Waals surface area (Å²) in [6.45, 7) is 6.42. The van der Waals surface area contributed by atoms with Gasteiger partial charge in [-0.05, 0) is 96.3 Å². The van der Waals surface area contributed by atoms with Gasteiger partial charge in [0.2, 0.25) is 0 Å². The summed E-state index contributed by atoms with van der Waals surface area (Å²) in [5.74, 6) is -0.898. The zero-order valence-electron chi connectivity index (χ0n) is 43.4. The Balaban J connectivity index is 4.14. The number of carbonyl (C=O) groups excluding carboxylic acids is 3. The second kappa shape index (κ2) is 54.5. The Morgan fingerprint density at radius 1 is 0.318 bits per heavy atom. The van der Waals surface area contributed by atoms with Crippen LogP contribution in [-0.2, 0) is 28.6 Å². The lowest BCUT2D eigenvalue weighted by Crippen LogP contribution is -2.30. The molecule has 0 rings (SSSR count). The molecule has 0 heterocycles. The first-order valence-electron chi connectivity index (χ1n) is 27.9. The van der Waals surface area contributed by atoms with E-state index < -0.39 is 6.10 Å². The summed E-state index contributed by atoms with van der Waals surface area (Å²) in [5, 5.41) is 0. The molecule has 0 saturated carbocycles. The van der Waals surface area contributed by atoms with Gasteiger partial charge in [-0.3, -0.25) is 14.4 Å². The standard InChI is InChI=1S/C60H104O6/c1-4-7-10-13-16-19-22-23-24-25-26-27-28-29-30-31-32-33-34-35-36-37-39-41-44-47-50-53-59(62)65-56-57(55-64-58(61)52-49-46-43-40-21-18-15-12-9-6-3)66-60(63)54-51-48-45-42-38-20-17-14-11-8-5-2/h7,10,12,14-17,19,23-24,26-27,57H,4-6,8-9,11,13,18,20-22,25,28-56H2,1-3H3/b10-7-,15-12-,17-14-,19-16-,24-23-,27-26-. The van der Waals surface area contributed by atoms with Crippen LogP contribution < -0.4 is 0 Å². The highest BCUT2D eigenvalue weighted by Crippen LogP contribution is 2.16. The highest BCUT2D eigenvalue weighted by atomic mass is 16.6. The number of rotatable bonds is 50. The van der Waals surface area contributed by atoms with E-state index in [1.807, 2.05) is 0 Å². The topological polar surface area (TPSA) is 78.9 Å². The molecule has 1 atom stereocenters. The van der Waals surface area contributed by atoms with Gasteiger partial charge in [0.25, 0.3) is 0 Å². The summed E-state index contributed by atoms with van der Waals surface area (Å²) in [7, 11) is 0. The van der Waals surface area contributed by atoms with Crippen molar-refractivity contribution in [1.82, 2.24) is 0 Å². The number of esters is 3. The van der Waals surface area contributed by atoms with Crippen molar-refractivity contribution in [2.45, 2.75) is 277 Å². The minimum Gasteiger partial charge on any atom is -0.462 e. The SMILES string of the molecule is CC/C=C\C/C=C\C/C=C\C/C=C\CCCCCCCCCCCCCCCCC(=O)OCC(COC(=O)CCCCCCC/C=C\CCC)OC(=O)CCCCCCC/C=C\CCCC. The van der Waals surface area contributed by atoms with Gasteiger partial charge in [-0.2, -0.15) is 0 Å². The van der Waals surface area contributed by atoms with Crippen molar-refractivity contribution in [2.75, 3.05) is 13.2 Å². The molecule has 0 amide bonds. The van der Waals surface area contributed by atoms with Crippen LogP contribution in [0.2, 0.25) is 0 Å². The first kappa shape index (κ1) is 62.8. The summed E-state index contributed by atoms with van der Waals surface area (Å²) in [6, 6.07) is 0. The zero-order valence-corrected chi connectivity index (χ0v) is 43.4. The molecule has 0 fully saturated rings. The average Bonchev–Trinajstić information content (AvgIpc) is 3.31. The summed E-state index contributed by atoms with van der Waals surface area (Å²) in [6.07, 6.45) is 69.1. The second-order valence-electron chi connectivity index (χ2n) is 18.5. The summed E-state index contributed by atoms with van der Waals surface area (Å²) >= 11 is 0. The summed E-state index contributed by atoms with van der Waals surface area (Å²) < 4.78 is 16.8.